The Kier molecular flexibility index (Phi) is 9.60. The fraction of sp³-hybridized carbons (Fsp3) is 0. The predicted octanol–water partition coefficient (Wildman–Crippen LogP) is 12.8. The highest BCUT2D eigenvalue weighted by Gasteiger charge is 2.20. The number of rotatable bonds is 10. The molecule has 0 aliphatic heterocycles. The molecule has 0 atom stereocenters. The molecule has 0 bridgehead atoms. The second-order valence-corrected chi connectivity index (χ2v) is 15.5. The molecule has 0 fully saturated rings. The molecule has 59 heavy (non-hydrogen) atoms. The molecule has 0 aliphatic rings. The second-order valence-electron chi connectivity index (χ2n) is 14.5. The highest BCUT2D eigenvalue weighted by atomic mass is 32.1. The lowest BCUT2D eigenvalue weighted by molar-refractivity contribution is 0.427. The van der Waals surface area contributed by atoms with E-state index in [1.807, 2.05) is 30.3 Å². The molecule has 0 saturated carbocycles. The number of anilines is 6. The van der Waals surface area contributed by atoms with Crippen molar-refractivity contribution >= 4 is 79.2 Å². The maximum Gasteiger partial charge on any atom is 0.499 e. The molecule has 5 nitrogen and oxygen atoms in total. The van der Waals surface area contributed by atoms with Gasteiger partial charge < -0.3 is 24.4 Å². The van der Waals surface area contributed by atoms with Gasteiger partial charge in [0.2, 0.25) is 0 Å². The van der Waals surface area contributed by atoms with Gasteiger partial charge in [0.1, 0.15) is 0 Å². The summed E-state index contributed by atoms with van der Waals surface area (Å²) in [6, 6.07) is 76.4. The van der Waals surface area contributed by atoms with Crippen molar-refractivity contribution in [2.45, 2.75) is 0 Å². The van der Waals surface area contributed by atoms with Crippen molar-refractivity contribution < 1.29 is 10.0 Å². The van der Waals surface area contributed by atoms with E-state index in [2.05, 4.69) is 196 Å². The fourth-order valence-electron chi connectivity index (χ4n) is 8.03. The highest BCUT2D eigenvalue weighted by molar-refractivity contribution is 7.24. The highest BCUT2D eigenvalue weighted by Crippen LogP contribution is 2.41. The van der Waals surface area contributed by atoms with Gasteiger partial charge in [0.15, 0.2) is 0 Å². The zero-order valence-corrected chi connectivity index (χ0v) is 32.8. The van der Waals surface area contributed by atoms with Crippen LogP contribution in [-0.2, 0) is 0 Å². The molecule has 0 spiro atoms. The summed E-state index contributed by atoms with van der Waals surface area (Å²) in [6.45, 7) is 0. The molecular formula is C52H38BN3O2S. The summed E-state index contributed by atoms with van der Waals surface area (Å²) < 4.78 is 2.74. The van der Waals surface area contributed by atoms with Crippen LogP contribution in [0.5, 0.6) is 0 Å². The summed E-state index contributed by atoms with van der Waals surface area (Å²) in [6.07, 6.45) is 0. The Balaban J connectivity index is 1.06. The first-order chi connectivity index (χ1) is 29.1. The molecule has 0 saturated heterocycles. The summed E-state index contributed by atoms with van der Waals surface area (Å²) >= 11 is 1.38. The fourth-order valence-corrected chi connectivity index (χ4v) is 8.94. The zero-order valence-electron chi connectivity index (χ0n) is 32.0. The van der Waals surface area contributed by atoms with Crippen molar-refractivity contribution in [3.8, 4) is 27.3 Å². The minimum atomic E-state index is -1.52. The van der Waals surface area contributed by atoms with E-state index in [0.29, 0.717) is 4.78 Å². The van der Waals surface area contributed by atoms with E-state index < -0.39 is 7.12 Å². The first-order valence-corrected chi connectivity index (χ1v) is 20.5. The number of hydrogen-bond acceptors (Lipinski definition) is 5. The second kappa shape index (κ2) is 15.6. The maximum atomic E-state index is 10.0. The molecular weight excluding hydrogens is 741 g/mol. The molecule has 0 radical (unpaired) electrons. The van der Waals surface area contributed by atoms with Gasteiger partial charge in [-0.1, -0.05) is 109 Å². The Morgan fingerprint density at radius 3 is 1.03 bits per heavy atom. The third-order valence-corrected chi connectivity index (χ3v) is 11.9. The minimum absolute atomic E-state index is 0.503. The lowest BCUT2D eigenvalue weighted by atomic mass is 9.90. The topological polar surface area (TPSA) is 51.9 Å². The van der Waals surface area contributed by atoms with Gasteiger partial charge in [-0.05, 0) is 131 Å². The van der Waals surface area contributed by atoms with Crippen LogP contribution < -0.4 is 14.6 Å². The predicted molar refractivity (Wildman–Crippen MR) is 249 cm³/mol. The Morgan fingerprint density at radius 1 is 0.356 bits per heavy atom. The van der Waals surface area contributed by atoms with E-state index in [-0.39, 0.29) is 0 Å². The van der Waals surface area contributed by atoms with E-state index in [0.717, 1.165) is 83.2 Å². The third-order valence-electron chi connectivity index (χ3n) is 10.8. The number of fused-ring (bicyclic) bond motifs is 3. The van der Waals surface area contributed by atoms with Gasteiger partial charge in [-0.2, -0.15) is 0 Å². The van der Waals surface area contributed by atoms with E-state index in [9.17, 15) is 10.0 Å². The summed E-state index contributed by atoms with van der Waals surface area (Å²) in [7, 11) is -1.52. The van der Waals surface area contributed by atoms with Crippen molar-refractivity contribution in [2.24, 2.45) is 0 Å². The Labute approximate surface area is 347 Å². The average Bonchev–Trinajstić information content (AvgIpc) is 3.92. The van der Waals surface area contributed by atoms with Crippen LogP contribution in [0, 0.1) is 0 Å². The number of para-hydroxylation sites is 4. The first-order valence-electron chi connectivity index (χ1n) is 19.6. The zero-order chi connectivity index (χ0) is 39.7. The molecule has 0 amide bonds. The lowest BCUT2D eigenvalue weighted by Gasteiger charge is -2.25. The molecule has 2 heterocycles. The molecule has 10 aromatic rings. The number of benzene rings is 8. The van der Waals surface area contributed by atoms with Gasteiger partial charge in [0, 0.05) is 49.7 Å². The molecule has 10 rings (SSSR count). The standard InChI is InChI=1S/C52H38BN3O2S/c57-53(58)51-33-34-52(59-51)56-49-31-25-39(37-21-27-45(28-22-37)54(41-13-5-1-6-14-41)42-15-7-2-8-16-42)35-47(49)48-36-40(26-32-50(48)56)38-23-29-46(30-24-38)55(43-17-9-3-10-18-43)44-19-11-4-12-20-44/h1-36,57-58H. The van der Waals surface area contributed by atoms with Gasteiger partial charge in [-0.15, -0.1) is 11.3 Å². The van der Waals surface area contributed by atoms with Crippen LogP contribution in [0.1, 0.15) is 0 Å². The summed E-state index contributed by atoms with van der Waals surface area (Å²) in [4.78, 5) is 4.54. The largest absolute Gasteiger partial charge is 0.499 e. The normalized spacial score (nSPS) is 11.2. The van der Waals surface area contributed by atoms with Crippen LogP contribution >= 0.6 is 11.3 Å². The third kappa shape index (κ3) is 6.98. The van der Waals surface area contributed by atoms with Gasteiger partial charge in [0.05, 0.1) is 16.0 Å². The number of aromatic nitrogens is 1. The summed E-state index contributed by atoms with van der Waals surface area (Å²) in [5.41, 5.74) is 13.1. The van der Waals surface area contributed by atoms with Crippen molar-refractivity contribution in [1.82, 2.24) is 4.57 Å². The molecule has 2 N–H and O–H groups in total. The summed E-state index contributed by atoms with van der Waals surface area (Å²) in [5.74, 6) is 0. The molecule has 0 unspecified atom stereocenters. The first kappa shape index (κ1) is 36.2. The average molecular weight is 780 g/mol. The van der Waals surface area contributed by atoms with Crippen molar-refractivity contribution in [3.63, 3.8) is 0 Å². The lowest BCUT2D eigenvalue weighted by Crippen LogP contribution is -2.26. The van der Waals surface area contributed by atoms with Crippen LogP contribution in [0.2, 0.25) is 0 Å². The quantitative estimate of drug-likeness (QED) is 0.136. The molecule has 0 aliphatic carbocycles. The van der Waals surface area contributed by atoms with E-state index in [4.69, 9.17) is 0 Å². The SMILES string of the molecule is OB(O)c1ccc(-n2c3ccc(-c4ccc(N(c5ccccc5)c5ccccc5)cc4)cc3c3cc(-c4ccc(N(c5ccccc5)c5ccccc5)cc4)ccc32)s1. The molecule has 7 heteroatoms. The molecule has 8 aromatic carbocycles. The van der Waals surface area contributed by atoms with Gasteiger partial charge in [0.25, 0.3) is 0 Å². The van der Waals surface area contributed by atoms with E-state index >= 15 is 0 Å². The van der Waals surface area contributed by atoms with Gasteiger partial charge in [-0.3, -0.25) is 0 Å². The molecule has 2 aromatic heterocycles. The maximum absolute atomic E-state index is 10.0. The van der Waals surface area contributed by atoms with Crippen LogP contribution in [0.25, 0.3) is 49.1 Å². The van der Waals surface area contributed by atoms with Gasteiger partial charge >= 0.3 is 7.12 Å². The van der Waals surface area contributed by atoms with Crippen molar-refractivity contribution in [3.05, 3.63) is 218 Å². The van der Waals surface area contributed by atoms with E-state index in [1.165, 1.54) is 11.3 Å². The smallest absolute Gasteiger partial charge is 0.423 e. The number of hydrogen-bond donors (Lipinski definition) is 2. The van der Waals surface area contributed by atoms with Crippen LogP contribution in [0.4, 0.5) is 34.1 Å². The Morgan fingerprint density at radius 2 is 0.695 bits per heavy atom. The van der Waals surface area contributed by atoms with Crippen molar-refractivity contribution in [1.29, 1.82) is 0 Å². The van der Waals surface area contributed by atoms with E-state index in [1.54, 1.807) is 6.07 Å². The number of nitrogens with zero attached hydrogens (tertiary/aromatic N) is 3. The number of thiophene rings is 1. The van der Waals surface area contributed by atoms with Crippen molar-refractivity contribution in [2.75, 3.05) is 9.80 Å². The van der Waals surface area contributed by atoms with Crippen LogP contribution in [0.15, 0.2) is 218 Å². The minimum Gasteiger partial charge on any atom is -0.423 e. The Hall–Kier alpha value is -7.16. The molecule has 282 valence electrons. The summed E-state index contributed by atoms with van der Waals surface area (Å²) in [5, 5.41) is 23.2. The monoisotopic (exact) mass is 779 g/mol. The van der Waals surface area contributed by atoms with Crippen LogP contribution in [-0.4, -0.2) is 21.7 Å². The Bertz CT molecular complexity index is 2740. The van der Waals surface area contributed by atoms with Crippen LogP contribution in [0.3, 0.4) is 0 Å². The van der Waals surface area contributed by atoms with Gasteiger partial charge in [-0.25, -0.2) is 0 Å².